The fourth-order valence-corrected chi connectivity index (χ4v) is 6.42. The van der Waals surface area contributed by atoms with Crippen molar-refractivity contribution in [1.82, 2.24) is 15.0 Å². The molecule has 226 valence electrons. The van der Waals surface area contributed by atoms with Crippen LogP contribution in [0.25, 0.3) is 77.5 Å². The molecule has 9 rings (SSSR count). The lowest BCUT2D eigenvalue weighted by Gasteiger charge is -2.11. The van der Waals surface area contributed by atoms with Crippen LogP contribution < -0.4 is 5.49 Å². The first kappa shape index (κ1) is 27.6. The van der Waals surface area contributed by atoms with Gasteiger partial charge < -0.3 is 9.40 Å². The summed E-state index contributed by atoms with van der Waals surface area (Å²) < 4.78 is 6.46. The summed E-state index contributed by atoms with van der Waals surface area (Å²) in [6.45, 7) is 0. The van der Waals surface area contributed by atoms with Gasteiger partial charge in [-0.1, -0.05) is 115 Å². The van der Waals surface area contributed by atoms with Crippen LogP contribution in [-0.2, 0) is 0 Å². The average Bonchev–Trinajstić information content (AvgIpc) is 3.60. The fourth-order valence-electron chi connectivity index (χ4n) is 6.42. The third kappa shape index (κ3) is 4.75. The zero-order chi connectivity index (χ0) is 32.0. The SMILES string of the molecule is N=C(N=c1[nH]c2ccccc2nc1-c1ccccc1)c1ccccc1-c1ccc2ccc3ccc4nc(-c5ccccc5)oc4c3c2c1. The molecule has 2 heterocycles. The monoisotopic (exact) mass is 617 g/mol. The summed E-state index contributed by atoms with van der Waals surface area (Å²) in [7, 11) is 0. The van der Waals surface area contributed by atoms with Crippen molar-refractivity contribution >= 4 is 49.5 Å². The number of H-pyrrole nitrogens is 1. The summed E-state index contributed by atoms with van der Waals surface area (Å²) in [6, 6.07) is 50.6. The number of amidine groups is 1. The molecule has 0 atom stereocenters. The number of nitrogens with one attached hydrogen (secondary N) is 2. The number of aromatic nitrogens is 3. The summed E-state index contributed by atoms with van der Waals surface area (Å²) >= 11 is 0. The molecule has 0 radical (unpaired) electrons. The van der Waals surface area contributed by atoms with Crippen LogP contribution in [0.2, 0.25) is 0 Å². The fraction of sp³-hybridized carbons (Fsp3) is 0. The number of hydrogen-bond donors (Lipinski definition) is 2. The van der Waals surface area contributed by atoms with Crippen molar-refractivity contribution in [1.29, 1.82) is 5.41 Å². The molecule has 6 heteroatoms. The summed E-state index contributed by atoms with van der Waals surface area (Å²) in [4.78, 5) is 18.1. The zero-order valence-electron chi connectivity index (χ0n) is 25.7. The molecule has 2 aromatic heterocycles. The highest BCUT2D eigenvalue weighted by molar-refractivity contribution is 6.19. The van der Waals surface area contributed by atoms with E-state index in [1.165, 1.54) is 0 Å². The molecule has 6 nitrogen and oxygen atoms in total. The largest absolute Gasteiger partial charge is 0.435 e. The van der Waals surface area contributed by atoms with Gasteiger partial charge in [-0.3, -0.25) is 5.41 Å². The number of para-hydroxylation sites is 2. The van der Waals surface area contributed by atoms with Gasteiger partial charge in [-0.25, -0.2) is 15.0 Å². The molecular weight excluding hydrogens is 590 g/mol. The Morgan fingerprint density at radius 3 is 2.15 bits per heavy atom. The second-order valence-electron chi connectivity index (χ2n) is 11.7. The Labute approximate surface area is 275 Å². The van der Waals surface area contributed by atoms with E-state index >= 15 is 0 Å². The highest BCUT2D eigenvalue weighted by Gasteiger charge is 2.16. The molecule has 0 saturated heterocycles. The van der Waals surface area contributed by atoms with Crippen LogP contribution in [0.15, 0.2) is 161 Å². The second-order valence-corrected chi connectivity index (χ2v) is 11.7. The first-order chi connectivity index (χ1) is 23.7. The maximum atomic E-state index is 9.27. The van der Waals surface area contributed by atoms with E-state index in [-0.39, 0.29) is 5.84 Å². The third-order valence-corrected chi connectivity index (χ3v) is 8.75. The van der Waals surface area contributed by atoms with Crippen molar-refractivity contribution in [3.63, 3.8) is 0 Å². The van der Waals surface area contributed by atoms with Gasteiger partial charge in [-0.2, -0.15) is 0 Å². The standard InChI is InChI=1S/C42H27N5O/c43-40(47-41-38(28-11-3-1-4-12-28)44-34-17-9-10-18-35(34)45-41)32-16-8-7-15-31(32)30-22-20-26-19-21-27-23-24-36-39(37(27)33(26)25-30)48-42(46-36)29-13-5-2-6-14-29/h1-25H,(H2,43,45,47). The van der Waals surface area contributed by atoms with Crippen molar-refractivity contribution in [2.75, 3.05) is 0 Å². The highest BCUT2D eigenvalue weighted by atomic mass is 16.3. The van der Waals surface area contributed by atoms with Gasteiger partial charge in [-0.05, 0) is 63.7 Å². The van der Waals surface area contributed by atoms with Gasteiger partial charge in [-0.15, -0.1) is 0 Å². The van der Waals surface area contributed by atoms with Crippen LogP contribution >= 0.6 is 0 Å². The van der Waals surface area contributed by atoms with Crippen molar-refractivity contribution < 1.29 is 4.42 Å². The Morgan fingerprint density at radius 2 is 1.29 bits per heavy atom. The van der Waals surface area contributed by atoms with Gasteiger partial charge in [0, 0.05) is 22.1 Å². The maximum absolute atomic E-state index is 9.27. The Balaban J connectivity index is 1.21. The molecule has 0 saturated carbocycles. The van der Waals surface area contributed by atoms with Crippen LogP contribution in [0.1, 0.15) is 5.56 Å². The maximum Gasteiger partial charge on any atom is 0.227 e. The van der Waals surface area contributed by atoms with Crippen LogP contribution in [0, 0.1) is 5.41 Å². The van der Waals surface area contributed by atoms with E-state index in [1.807, 2.05) is 115 Å². The Kier molecular flexibility index (Phi) is 6.50. The Morgan fingerprint density at radius 1 is 0.604 bits per heavy atom. The molecule has 0 bridgehead atoms. The average molecular weight is 618 g/mol. The van der Waals surface area contributed by atoms with Crippen LogP contribution in [0.5, 0.6) is 0 Å². The van der Waals surface area contributed by atoms with Crippen molar-refractivity contribution in [2.24, 2.45) is 4.99 Å². The normalized spacial score (nSPS) is 12.0. The minimum Gasteiger partial charge on any atom is -0.435 e. The van der Waals surface area contributed by atoms with Crippen molar-refractivity contribution in [3.8, 4) is 33.8 Å². The molecular formula is C42H27N5O. The molecule has 48 heavy (non-hydrogen) atoms. The lowest BCUT2D eigenvalue weighted by molar-refractivity contribution is 0.623. The molecule has 0 aliphatic rings. The first-order valence-electron chi connectivity index (χ1n) is 15.8. The van der Waals surface area contributed by atoms with Gasteiger partial charge in [0.05, 0.1) is 11.0 Å². The van der Waals surface area contributed by atoms with E-state index in [4.69, 9.17) is 19.4 Å². The smallest absolute Gasteiger partial charge is 0.227 e. The molecule has 0 aliphatic carbocycles. The molecule has 0 aliphatic heterocycles. The predicted molar refractivity (Wildman–Crippen MR) is 194 cm³/mol. The quantitative estimate of drug-likeness (QED) is 0.117. The lowest BCUT2D eigenvalue weighted by atomic mass is 9.94. The van der Waals surface area contributed by atoms with Crippen molar-refractivity contribution in [2.45, 2.75) is 0 Å². The molecule has 2 N–H and O–H groups in total. The van der Waals surface area contributed by atoms with Crippen LogP contribution in [-0.4, -0.2) is 20.8 Å². The number of aromatic amines is 1. The number of rotatable bonds is 4. The van der Waals surface area contributed by atoms with Gasteiger partial charge in [0.2, 0.25) is 5.89 Å². The Bertz CT molecular complexity index is 2740. The second kappa shape index (κ2) is 11.3. The summed E-state index contributed by atoms with van der Waals surface area (Å²) in [6.07, 6.45) is 0. The zero-order valence-corrected chi connectivity index (χ0v) is 25.7. The predicted octanol–water partition coefficient (Wildman–Crippen LogP) is 9.94. The molecule has 0 amide bonds. The van der Waals surface area contributed by atoms with Gasteiger partial charge in [0.15, 0.2) is 16.9 Å². The summed E-state index contributed by atoms with van der Waals surface area (Å²) in [5.41, 5.74) is 8.97. The third-order valence-electron chi connectivity index (χ3n) is 8.75. The number of fused-ring (bicyclic) bond motifs is 6. The van der Waals surface area contributed by atoms with Gasteiger partial charge in [0.1, 0.15) is 11.2 Å². The minimum atomic E-state index is 0.138. The molecule has 7 aromatic carbocycles. The van der Waals surface area contributed by atoms with E-state index in [9.17, 15) is 5.41 Å². The van der Waals surface area contributed by atoms with Gasteiger partial charge >= 0.3 is 0 Å². The molecule has 0 fully saturated rings. The minimum absolute atomic E-state index is 0.138. The van der Waals surface area contributed by atoms with Crippen LogP contribution in [0.3, 0.4) is 0 Å². The lowest BCUT2D eigenvalue weighted by Crippen LogP contribution is -2.17. The number of oxazole rings is 1. The first-order valence-corrected chi connectivity index (χ1v) is 15.8. The van der Waals surface area contributed by atoms with E-state index in [0.29, 0.717) is 22.6 Å². The summed E-state index contributed by atoms with van der Waals surface area (Å²) in [5.74, 6) is 0.737. The highest BCUT2D eigenvalue weighted by Crippen LogP contribution is 2.37. The van der Waals surface area contributed by atoms with E-state index in [1.54, 1.807) is 0 Å². The molecule has 0 spiro atoms. The van der Waals surface area contributed by atoms with Gasteiger partial charge in [0.25, 0.3) is 0 Å². The number of benzene rings is 7. The van der Waals surface area contributed by atoms with Crippen LogP contribution in [0.4, 0.5) is 0 Å². The molecule has 9 aromatic rings. The van der Waals surface area contributed by atoms with Crippen molar-refractivity contribution in [3.05, 3.63) is 163 Å². The molecule has 0 unspecified atom stereocenters. The Hall–Kier alpha value is -6.66. The van der Waals surface area contributed by atoms with E-state index < -0.39 is 0 Å². The number of hydrogen-bond acceptors (Lipinski definition) is 4. The summed E-state index contributed by atoms with van der Waals surface area (Å²) in [5, 5.41) is 13.5. The van der Waals surface area contributed by atoms with E-state index in [2.05, 4.69) is 41.4 Å². The number of nitrogens with zero attached hydrogens (tertiary/aromatic N) is 3. The van der Waals surface area contributed by atoms with E-state index in [0.717, 1.165) is 65.9 Å². The topological polar surface area (TPSA) is 90.9 Å².